The molecule has 0 aliphatic heterocycles. The highest BCUT2D eigenvalue weighted by atomic mass is 16.5. The normalized spacial score (nSPS) is 9.89. The molecule has 18 heavy (non-hydrogen) atoms. The van der Waals surface area contributed by atoms with Crippen LogP contribution < -0.4 is 20.7 Å². The van der Waals surface area contributed by atoms with Gasteiger partial charge in [0.25, 0.3) is 0 Å². The van der Waals surface area contributed by atoms with E-state index in [4.69, 9.17) is 15.3 Å². The summed E-state index contributed by atoms with van der Waals surface area (Å²) in [5.74, 6) is 7.04. The first-order valence-corrected chi connectivity index (χ1v) is 5.36. The Labute approximate surface area is 105 Å². The fourth-order valence-electron chi connectivity index (χ4n) is 1.38. The van der Waals surface area contributed by atoms with Gasteiger partial charge in [-0.3, -0.25) is 0 Å². The molecule has 3 N–H and O–H groups in total. The number of nitrogens with zero attached hydrogens (tertiary/aromatic N) is 2. The van der Waals surface area contributed by atoms with Crippen molar-refractivity contribution in [2.24, 2.45) is 5.84 Å². The van der Waals surface area contributed by atoms with Crippen LogP contribution >= 0.6 is 0 Å². The summed E-state index contributed by atoms with van der Waals surface area (Å²) in [6, 6.07) is 9.25. The van der Waals surface area contributed by atoms with Crippen molar-refractivity contribution < 1.29 is 9.47 Å². The summed E-state index contributed by atoms with van der Waals surface area (Å²) in [6.45, 7) is 0.422. The van der Waals surface area contributed by atoms with Gasteiger partial charge in [0, 0.05) is 6.07 Å². The maximum Gasteiger partial charge on any atom is 0.218 e. The number of benzene rings is 1. The van der Waals surface area contributed by atoms with E-state index in [0.717, 1.165) is 11.3 Å². The summed E-state index contributed by atoms with van der Waals surface area (Å²) in [5.41, 5.74) is 3.46. The van der Waals surface area contributed by atoms with Crippen molar-refractivity contribution in [3.05, 3.63) is 42.2 Å². The number of aromatic nitrogens is 2. The molecule has 0 radical (unpaired) electrons. The van der Waals surface area contributed by atoms with Crippen LogP contribution in [-0.4, -0.2) is 17.1 Å². The molecular weight excluding hydrogens is 232 g/mol. The van der Waals surface area contributed by atoms with Crippen LogP contribution in [0.2, 0.25) is 0 Å². The van der Waals surface area contributed by atoms with Crippen molar-refractivity contribution in [3.63, 3.8) is 0 Å². The van der Waals surface area contributed by atoms with E-state index >= 15 is 0 Å². The Balaban J connectivity index is 1.97. The predicted molar refractivity (Wildman–Crippen MR) is 67.2 cm³/mol. The summed E-state index contributed by atoms with van der Waals surface area (Å²) in [5, 5.41) is 0. The Hall–Kier alpha value is -2.34. The molecule has 0 saturated carbocycles. The van der Waals surface area contributed by atoms with Crippen molar-refractivity contribution >= 4 is 5.82 Å². The van der Waals surface area contributed by atoms with Crippen LogP contribution in [-0.2, 0) is 6.61 Å². The number of ether oxygens (including phenoxy) is 2. The third-order valence-corrected chi connectivity index (χ3v) is 2.34. The zero-order chi connectivity index (χ0) is 12.8. The minimum absolute atomic E-state index is 0.422. The standard InChI is InChI=1S/C12H14N4O2/c1-17-10-4-2-9(3-5-10)7-18-12-6-11(16-13)14-8-15-12/h2-6,8H,7,13H2,1H3,(H,14,15,16). The monoisotopic (exact) mass is 246 g/mol. The van der Waals surface area contributed by atoms with Crippen LogP contribution in [0.1, 0.15) is 5.56 Å². The van der Waals surface area contributed by atoms with Gasteiger partial charge in [0.05, 0.1) is 7.11 Å². The van der Waals surface area contributed by atoms with Crippen molar-refractivity contribution in [2.45, 2.75) is 6.61 Å². The largest absolute Gasteiger partial charge is 0.497 e. The smallest absolute Gasteiger partial charge is 0.218 e. The summed E-state index contributed by atoms with van der Waals surface area (Å²) in [6.07, 6.45) is 1.39. The molecule has 1 heterocycles. The van der Waals surface area contributed by atoms with Gasteiger partial charge in [-0.15, -0.1) is 0 Å². The highest BCUT2D eigenvalue weighted by Crippen LogP contribution is 2.14. The predicted octanol–water partition coefficient (Wildman–Crippen LogP) is 1.35. The first-order chi connectivity index (χ1) is 8.81. The molecule has 0 saturated heterocycles. The zero-order valence-electron chi connectivity index (χ0n) is 9.96. The Bertz CT molecular complexity index is 502. The molecule has 2 rings (SSSR count). The van der Waals surface area contributed by atoms with Gasteiger partial charge in [-0.2, -0.15) is 0 Å². The Morgan fingerprint density at radius 2 is 2.00 bits per heavy atom. The van der Waals surface area contributed by atoms with Crippen molar-refractivity contribution in [2.75, 3.05) is 12.5 Å². The van der Waals surface area contributed by atoms with Gasteiger partial charge in [-0.25, -0.2) is 15.8 Å². The van der Waals surface area contributed by atoms with Crippen LogP contribution in [0.4, 0.5) is 5.82 Å². The Morgan fingerprint density at radius 1 is 1.22 bits per heavy atom. The minimum Gasteiger partial charge on any atom is -0.497 e. The summed E-state index contributed by atoms with van der Waals surface area (Å²) in [4.78, 5) is 7.87. The van der Waals surface area contributed by atoms with Crippen LogP contribution in [0, 0.1) is 0 Å². The van der Waals surface area contributed by atoms with Crippen LogP contribution in [0.3, 0.4) is 0 Å². The zero-order valence-corrected chi connectivity index (χ0v) is 9.96. The third kappa shape index (κ3) is 3.08. The summed E-state index contributed by atoms with van der Waals surface area (Å²) in [7, 11) is 1.63. The fourth-order valence-corrected chi connectivity index (χ4v) is 1.38. The van der Waals surface area contributed by atoms with E-state index in [1.807, 2.05) is 24.3 Å². The second kappa shape index (κ2) is 5.83. The van der Waals surface area contributed by atoms with E-state index in [1.54, 1.807) is 13.2 Å². The van der Waals surface area contributed by atoms with Gasteiger partial charge in [-0.05, 0) is 17.7 Å². The van der Waals surface area contributed by atoms with Gasteiger partial charge < -0.3 is 14.9 Å². The molecular formula is C12H14N4O2. The average molecular weight is 246 g/mol. The number of nitrogen functional groups attached to an aromatic ring is 1. The number of nitrogens with one attached hydrogen (secondary N) is 1. The second-order valence-corrected chi connectivity index (χ2v) is 3.52. The molecule has 6 nitrogen and oxygen atoms in total. The lowest BCUT2D eigenvalue weighted by atomic mass is 10.2. The molecule has 0 bridgehead atoms. The fraction of sp³-hybridized carbons (Fsp3) is 0.167. The number of hydrazine groups is 1. The van der Waals surface area contributed by atoms with Crippen molar-refractivity contribution in [1.29, 1.82) is 0 Å². The molecule has 0 fully saturated rings. The molecule has 0 amide bonds. The number of hydrogen-bond donors (Lipinski definition) is 2. The van der Waals surface area contributed by atoms with Gasteiger partial charge in [0.15, 0.2) is 0 Å². The minimum atomic E-state index is 0.422. The van der Waals surface area contributed by atoms with Crippen LogP contribution in [0.5, 0.6) is 11.6 Å². The molecule has 1 aromatic carbocycles. The van der Waals surface area contributed by atoms with E-state index in [9.17, 15) is 0 Å². The molecule has 94 valence electrons. The molecule has 2 aromatic rings. The average Bonchev–Trinajstić information content (AvgIpc) is 2.46. The maximum atomic E-state index is 5.52. The van der Waals surface area contributed by atoms with E-state index in [2.05, 4.69) is 15.4 Å². The van der Waals surface area contributed by atoms with Crippen LogP contribution in [0.15, 0.2) is 36.7 Å². The Kier molecular flexibility index (Phi) is 3.93. The maximum absolute atomic E-state index is 5.52. The van der Waals surface area contributed by atoms with Gasteiger partial charge in [-0.1, -0.05) is 12.1 Å². The SMILES string of the molecule is COc1ccc(COc2cc(NN)ncn2)cc1. The highest BCUT2D eigenvalue weighted by Gasteiger charge is 2.00. The lowest BCUT2D eigenvalue weighted by Gasteiger charge is -2.07. The summed E-state index contributed by atoms with van der Waals surface area (Å²) < 4.78 is 10.6. The topological polar surface area (TPSA) is 82.3 Å². The van der Waals surface area contributed by atoms with Gasteiger partial charge >= 0.3 is 0 Å². The van der Waals surface area contributed by atoms with Crippen LogP contribution in [0.25, 0.3) is 0 Å². The third-order valence-electron chi connectivity index (χ3n) is 2.34. The molecule has 0 spiro atoms. The van der Waals surface area contributed by atoms with Gasteiger partial charge in [0.1, 0.15) is 24.5 Å². The summed E-state index contributed by atoms with van der Waals surface area (Å²) >= 11 is 0. The molecule has 0 aliphatic carbocycles. The number of rotatable bonds is 5. The first-order valence-electron chi connectivity index (χ1n) is 5.36. The molecule has 0 aliphatic rings. The quantitative estimate of drug-likeness (QED) is 0.612. The number of methoxy groups -OCH3 is 1. The second-order valence-electron chi connectivity index (χ2n) is 3.52. The number of nitrogens with two attached hydrogens (primary N) is 1. The van der Waals surface area contributed by atoms with Gasteiger partial charge in [0.2, 0.25) is 5.88 Å². The van der Waals surface area contributed by atoms with E-state index in [-0.39, 0.29) is 0 Å². The van der Waals surface area contributed by atoms with E-state index in [1.165, 1.54) is 6.33 Å². The molecule has 6 heteroatoms. The van der Waals surface area contributed by atoms with Crippen molar-refractivity contribution in [3.8, 4) is 11.6 Å². The number of anilines is 1. The first kappa shape index (κ1) is 12.1. The Morgan fingerprint density at radius 3 is 2.67 bits per heavy atom. The highest BCUT2D eigenvalue weighted by molar-refractivity contribution is 5.35. The molecule has 0 atom stereocenters. The molecule has 0 unspecified atom stereocenters. The van der Waals surface area contributed by atoms with E-state index < -0.39 is 0 Å². The lowest BCUT2D eigenvalue weighted by Crippen LogP contribution is -2.09. The lowest BCUT2D eigenvalue weighted by molar-refractivity contribution is 0.293. The number of hydrogen-bond acceptors (Lipinski definition) is 6. The van der Waals surface area contributed by atoms with E-state index in [0.29, 0.717) is 18.3 Å². The molecule has 1 aromatic heterocycles. The van der Waals surface area contributed by atoms with Crippen molar-refractivity contribution in [1.82, 2.24) is 9.97 Å².